The number of hydrogen-bond donors (Lipinski definition) is 0. The van der Waals surface area contributed by atoms with Gasteiger partial charge in [0.25, 0.3) is 0 Å². The second kappa shape index (κ2) is 2.48. The molecule has 0 aromatic carbocycles. The average molecular weight is 208 g/mol. The molecule has 2 atom stereocenters. The Kier molecular flexibility index (Phi) is 1.98. The highest BCUT2D eigenvalue weighted by Crippen LogP contribution is 2.46. The monoisotopic (exact) mass is 207 g/mol. The molecule has 0 aromatic rings. The fourth-order valence-corrected chi connectivity index (χ4v) is 0.834. The third kappa shape index (κ3) is 1.05. The molecule has 0 amide bonds. The number of hydrogen-bond acceptors (Lipinski definition) is 1. The fourth-order valence-electron chi connectivity index (χ4n) is 0.674. The minimum atomic E-state index is -4.60. The summed E-state index contributed by atoms with van der Waals surface area (Å²) in [6.07, 6.45) is -2.57. The molecule has 0 spiro atoms. The largest absolute Gasteiger partial charge is 0.350 e. The van der Waals surface area contributed by atoms with Gasteiger partial charge < -0.3 is 0 Å². The van der Waals surface area contributed by atoms with E-state index >= 15 is 0 Å². The second-order valence-corrected chi connectivity index (χ2v) is 2.72. The lowest BCUT2D eigenvalue weighted by Crippen LogP contribution is -2.55. The van der Waals surface area contributed by atoms with Crippen molar-refractivity contribution in [2.24, 2.45) is 0 Å². The van der Waals surface area contributed by atoms with E-state index in [1.807, 2.05) is 0 Å². The van der Waals surface area contributed by atoms with Crippen molar-refractivity contribution < 1.29 is 22.0 Å². The van der Waals surface area contributed by atoms with E-state index in [0.717, 1.165) is 0 Å². The summed E-state index contributed by atoms with van der Waals surface area (Å²) in [6.45, 7) is 0. The van der Waals surface area contributed by atoms with E-state index in [9.17, 15) is 22.0 Å². The Hall–Kier alpha value is -0.520. The van der Waals surface area contributed by atoms with Crippen molar-refractivity contribution in [1.82, 2.24) is 5.12 Å². The van der Waals surface area contributed by atoms with Crippen molar-refractivity contribution in [3.8, 4) is 0 Å². The summed E-state index contributed by atoms with van der Waals surface area (Å²) < 4.78 is 61.9. The maximum atomic E-state index is 12.6. The summed E-state index contributed by atoms with van der Waals surface area (Å²) in [5, 5.41) is -5.23. The maximum Gasteiger partial charge on any atom is 0.350 e. The predicted octanol–water partition coefficient (Wildman–Crippen LogP) is 2.54. The molecule has 1 aliphatic rings. The number of nitrogens with zero attached hydrogens (tertiary/aromatic N) is 1. The standard InChI is InChI=1S/C5H3ClF5N/c6-5(10)4(8,9)3(7)1-2-12(5)11/h1-3H. The molecule has 12 heavy (non-hydrogen) atoms. The summed E-state index contributed by atoms with van der Waals surface area (Å²) in [7, 11) is 0. The van der Waals surface area contributed by atoms with Gasteiger partial charge in [-0.25, -0.2) is 4.39 Å². The van der Waals surface area contributed by atoms with Crippen LogP contribution in [-0.4, -0.2) is 22.5 Å². The normalized spacial score (nSPS) is 40.2. The fraction of sp³-hybridized carbons (Fsp3) is 0.600. The molecule has 0 fully saturated rings. The highest BCUT2D eigenvalue weighted by molar-refractivity contribution is 6.23. The highest BCUT2D eigenvalue weighted by atomic mass is 35.5. The van der Waals surface area contributed by atoms with Gasteiger partial charge in [0.15, 0.2) is 6.17 Å². The van der Waals surface area contributed by atoms with Crippen LogP contribution in [0.25, 0.3) is 0 Å². The molecule has 1 heterocycles. The van der Waals surface area contributed by atoms with Crippen LogP contribution < -0.4 is 0 Å². The van der Waals surface area contributed by atoms with Crippen molar-refractivity contribution in [3.63, 3.8) is 0 Å². The van der Waals surface area contributed by atoms with E-state index in [2.05, 4.69) is 11.6 Å². The Morgan fingerprint density at radius 1 is 1.33 bits per heavy atom. The summed E-state index contributed by atoms with van der Waals surface area (Å²) in [4.78, 5) is 0. The van der Waals surface area contributed by atoms with E-state index in [1.165, 1.54) is 0 Å². The first-order chi connectivity index (χ1) is 5.30. The zero-order valence-electron chi connectivity index (χ0n) is 5.45. The van der Waals surface area contributed by atoms with Crippen LogP contribution in [0.2, 0.25) is 0 Å². The summed E-state index contributed by atoms with van der Waals surface area (Å²) >= 11 is 4.45. The molecule has 0 bridgehead atoms. The molecule has 70 valence electrons. The molecule has 0 saturated heterocycles. The lowest BCUT2D eigenvalue weighted by molar-refractivity contribution is -0.232. The third-order valence-electron chi connectivity index (χ3n) is 1.40. The molecule has 0 N–H and O–H groups in total. The Labute approximate surface area is 69.3 Å². The molecule has 0 radical (unpaired) electrons. The van der Waals surface area contributed by atoms with Crippen molar-refractivity contribution in [2.45, 2.75) is 17.3 Å². The Balaban J connectivity index is 3.07. The van der Waals surface area contributed by atoms with Crippen LogP contribution in [0.1, 0.15) is 0 Å². The maximum absolute atomic E-state index is 12.6. The molecule has 2 unspecified atom stereocenters. The molecule has 7 heteroatoms. The van der Waals surface area contributed by atoms with Gasteiger partial charge in [-0.3, -0.25) is 0 Å². The Bertz CT molecular complexity index is 194. The van der Waals surface area contributed by atoms with Gasteiger partial charge in [0.2, 0.25) is 0 Å². The average Bonchev–Trinajstić information content (AvgIpc) is 1.96. The number of allylic oxidation sites excluding steroid dienone is 1. The van der Waals surface area contributed by atoms with Gasteiger partial charge in [-0.1, -0.05) is 16.1 Å². The summed E-state index contributed by atoms with van der Waals surface area (Å²) in [6, 6.07) is 0. The van der Waals surface area contributed by atoms with Crippen LogP contribution in [0.5, 0.6) is 0 Å². The smallest absolute Gasteiger partial charge is 0.236 e. The van der Waals surface area contributed by atoms with Crippen LogP contribution in [0.15, 0.2) is 12.3 Å². The van der Waals surface area contributed by atoms with E-state index in [0.29, 0.717) is 0 Å². The number of alkyl halides is 5. The zero-order valence-corrected chi connectivity index (χ0v) is 6.20. The third-order valence-corrected chi connectivity index (χ3v) is 1.82. The van der Waals surface area contributed by atoms with Crippen LogP contribution >= 0.6 is 11.6 Å². The van der Waals surface area contributed by atoms with Gasteiger partial charge in [-0.05, 0) is 6.08 Å². The molecule has 0 saturated carbocycles. The van der Waals surface area contributed by atoms with Crippen molar-refractivity contribution in [1.29, 1.82) is 0 Å². The Morgan fingerprint density at radius 2 is 1.83 bits per heavy atom. The molecular formula is C5H3ClF5N. The van der Waals surface area contributed by atoms with Gasteiger partial charge in [-0.2, -0.15) is 18.3 Å². The minimum absolute atomic E-state index is 0.176. The highest BCUT2D eigenvalue weighted by Gasteiger charge is 2.65. The zero-order chi connectivity index (χ0) is 9.57. The topological polar surface area (TPSA) is 3.24 Å². The lowest BCUT2D eigenvalue weighted by Gasteiger charge is -2.35. The van der Waals surface area contributed by atoms with Crippen LogP contribution in [0, 0.1) is 0 Å². The molecule has 1 rings (SSSR count). The molecule has 0 aliphatic carbocycles. The second-order valence-electron chi connectivity index (χ2n) is 2.22. The van der Waals surface area contributed by atoms with Crippen LogP contribution in [-0.2, 0) is 0 Å². The minimum Gasteiger partial charge on any atom is -0.236 e. The van der Waals surface area contributed by atoms with Crippen molar-refractivity contribution in [2.75, 3.05) is 0 Å². The molecule has 1 aliphatic heterocycles. The van der Waals surface area contributed by atoms with Crippen LogP contribution in [0.3, 0.4) is 0 Å². The Morgan fingerprint density at radius 3 is 2.25 bits per heavy atom. The quantitative estimate of drug-likeness (QED) is 0.255. The first-order valence-corrected chi connectivity index (χ1v) is 3.21. The molecular weight excluding hydrogens is 205 g/mol. The van der Waals surface area contributed by atoms with Gasteiger partial charge in [0.1, 0.15) is 0 Å². The van der Waals surface area contributed by atoms with E-state index in [-0.39, 0.29) is 12.3 Å². The van der Waals surface area contributed by atoms with Gasteiger partial charge in [-0.15, -0.1) is 0 Å². The first-order valence-electron chi connectivity index (χ1n) is 2.83. The lowest BCUT2D eigenvalue weighted by atomic mass is 10.1. The van der Waals surface area contributed by atoms with Crippen molar-refractivity contribution in [3.05, 3.63) is 12.3 Å². The van der Waals surface area contributed by atoms with E-state index in [1.54, 1.807) is 0 Å². The van der Waals surface area contributed by atoms with Gasteiger partial charge >= 0.3 is 11.2 Å². The van der Waals surface area contributed by atoms with Gasteiger partial charge in [0.05, 0.1) is 0 Å². The summed E-state index contributed by atoms with van der Waals surface area (Å²) in [5.74, 6) is -4.60. The van der Waals surface area contributed by atoms with Gasteiger partial charge in [0, 0.05) is 6.20 Å². The van der Waals surface area contributed by atoms with E-state index in [4.69, 9.17) is 0 Å². The summed E-state index contributed by atoms with van der Waals surface area (Å²) in [5.41, 5.74) is 0. The number of halogens is 6. The first kappa shape index (κ1) is 9.57. The molecule has 0 aromatic heterocycles. The molecule has 1 nitrogen and oxygen atoms in total. The van der Waals surface area contributed by atoms with E-state index < -0.39 is 22.5 Å². The van der Waals surface area contributed by atoms with Crippen LogP contribution in [0.4, 0.5) is 22.0 Å². The number of rotatable bonds is 0. The SMILES string of the molecule is FC1C=CN(F)C(F)(Cl)C1(F)F. The predicted molar refractivity (Wildman–Crippen MR) is 31.6 cm³/mol. The van der Waals surface area contributed by atoms with Crippen molar-refractivity contribution >= 4 is 11.6 Å².